The molecular formula is C19H21ClN4O3. The van der Waals surface area contributed by atoms with E-state index in [9.17, 15) is 9.59 Å². The topological polar surface area (TPSA) is 74.8 Å². The van der Waals surface area contributed by atoms with E-state index in [1.807, 2.05) is 0 Å². The van der Waals surface area contributed by atoms with Crippen molar-refractivity contribution in [2.75, 3.05) is 43.5 Å². The molecule has 1 aliphatic heterocycles. The van der Waals surface area contributed by atoms with Crippen LogP contribution in [0, 0.1) is 0 Å². The van der Waals surface area contributed by atoms with Gasteiger partial charge in [0.15, 0.2) is 0 Å². The minimum atomic E-state index is -0.248. The second-order valence-corrected chi connectivity index (χ2v) is 6.61. The molecule has 1 aromatic heterocycles. The van der Waals surface area contributed by atoms with Crippen LogP contribution in [0.1, 0.15) is 17.3 Å². The van der Waals surface area contributed by atoms with Crippen molar-refractivity contribution in [2.24, 2.45) is 0 Å². The quantitative estimate of drug-likeness (QED) is 0.871. The van der Waals surface area contributed by atoms with E-state index >= 15 is 0 Å². The lowest BCUT2D eigenvalue weighted by molar-refractivity contribution is -0.129. The van der Waals surface area contributed by atoms with Gasteiger partial charge in [0.25, 0.3) is 5.91 Å². The molecule has 1 saturated heterocycles. The van der Waals surface area contributed by atoms with Crippen LogP contribution < -0.4 is 15.0 Å². The van der Waals surface area contributed by atoms with E-state index in [4.69, 9.17) is 16.3 Å². The van der Waals surface area contributed by atoms with Crippen molar-refractivity contribution in [3.05, 3.63) is 47.1 Å². The van der Waals surface area contributed by atoms with Gasteiger partial charge in [-0.1, -0.05) is 11.6 Å². The first kappa shape index (κ1) is 19.0. The summed E-state index contributed by atoms with van der Waals surface area (Å²) >= 11 is 6.10. The number of piperazine rings is 1. The molecule has 2 aromatic rings. The molecular weight excluding hydrogens is 368 g/mol. The van der Waals surface area contributed by atoms with Gasteiger partial charge in [-0.2, -0.15) is 0 Å². The Bertz CT molecular complexity index is 851. The van der Waals surface area contributed by atoms with Gasteiger partial charge in [-0.3, -0.25) is 9.59 Å². The summed E-state index contributed by atoms with van der Waals surface area (Å²) in [6.45, 7) is 4.25. The number of ether oxygens (including phenoxy) is 1. The van der Waals surface area contributed by atoms with Crippen LogP contribution in [0.2, 0.25) is 5.02 Å². The maximum Gasteiger partial charge on any atom is 0.255 e. The number of carbonyl (C=O) groups excluding carboxylic acids is 2. The summed E-state index contributed by atoms with van der Waals surface area (Å²) < 4.78 is 5.11. The van der Waals surface area contributed by atoms with E-state index in [-0.39, 0.29) is 11.8 Å². The molecule has 0 radical (unpaired) electrons. The fourth-order valence-electron chi connectivity index (χ4n) is 2.93. The van der Waals surface area contributed by atoms with Crippen LogP contribution in [0.25, 0.3) is 0 Å². The van der Waals surface area contributed by atoms with Gasteiger partial charge in [0.05, 0.1) is 12.1 Å². The van der Waals surface area contributed by atoms with Gasteiger partial charge in [0.2, 0.25) is 5.91 Å². The molecule has 3 rings (SSSR count). The lowest BCUT2D eigenvalue weighted by Crippen LogP contribution is -2.48. The highest BCUT2D eigenvalue weighted by Gasteiger charge is 2.20. The number of hydrogen-bond donors (Lipinski definition) is 1. The highest BCUT2D eigenvalue weighted by atomic mass is 35.5. The fourth-order valence-corrected chi connectivity index (χ4v) is 3.19. The highest BCUT2D eigenvalue weighted by Crippen LogP contribution is 2.27. The number of halogens is 1. The molecule has 0 saturated carbocycles. The van der Waals surface area contributed by atoms with Crippen LogP contribution in [-0.2, 0) is 4.79 Å². The normalized spacial score (nSPS) is 14.0. The molecule has 0 atom stereocenters. The zero-order valence-electron chi connectivity index (χ0n) is 15.2. The minimum Gasteiger partial charge on any atom is -0.495 e. The van der Waals surface area contributed by atoms with Crippen LogP contribution in [0.3, 0.4) is 0 Å². The van der Waals surface area contributed by atoms with Crippen molar-refractivity contribution in [3.8, 4) is 5.75 Å². The second kappa shape index (κ2) is 8.26. The number of amides is 2. The maximum atomic E-state index is 12.6. The summed E-state index contributed by atoms with van der Waals surface area (Å²) in [7, 11) is 1.54. The molecule has 0 spiro atoms. The standard InChI is InChI=1S/C19H21ClN4O3/c1-13(25)23-7-9-24(10-8-23)18-11-14(5-6-21-18)19(26)22-15-3-4-17(27-2)16(20)12-15/h3-6,11-12H,7-10H2,1-2H3,(H,22,26). The van der Waals surface area contributed by atoms with Crippen molar-refractivity contribution in [3.63, 3.8) is 0 Å². The van der Waals surface area contributed by atoms with Crippen LogP contribution in [0.4, 0.5) is 11.5 Å². The van der Waals surface area contributed by atoms with Crippen molar-refractivity contribution >= 4 is 34.9 Å². The number of anilines is 2. The van der Waals surface area contributed by atoms with Gasteiger partial charge in [-0.15, -0.1) is 0 Å². The van der Waals surface area contributed by atoms with Gasteiger partial charge >= 0.3 is 0 Å². The van der Waals surface area contributed by atoms with Crippen molar-refractivity contribution in [2.45, 2.75) is 6.92 Å². The first-order chi connectivity index (χ1) is 13.0. The number of carbonyl (C=O) groups is 2. The lowest BCUT2D eigenvalue weighted by Gasteiger charge is -2.35. The summed E-state index contributed by atoms with van der Waals surface area (Å²) in [6.07, 6.45) is 1.61. The number of aromatic nitrogens is 1. The summed E-state index contributed by atoms with van der Waals surface area (Å²) in [5.41, 5.74) is 1.08. The molecule has 142 valence electrons. The van der Waals surface area contributed by atoms with E-state index in [1.54, 1.807) is 48.4 Å². The monoisotopic (exact) mass is 388 g/mol. The lowest BCUT2D eigenvalue weighted by atomic mass is 10.2. The van der Waals surface area contributed by atoms with Gasteiger partial charge in [0, 0.05) is 50.6 Å². The van der Waals surface area contributed by atoms with E-state index in [2.05, 4.69) is 15.2 Å². The maximum absolute atomic E-state index is 12.6. The fraction of sp³-hybridized carbons (Fsp3) is 0.316. The Morgan fingerprint density at radius 2 is 1.89 bits per heavy atom. The zero-order chi connectivity index (χ0) is 19.4. The third kappa shape index (κ3) is 4.49. The Morgan fingerprint density at radius 3 is 2.52 bits per heavy atom. The van der Waals surface area contributed by atoms with E-state index in [0.29, 0.717) is 48.2 Å². The smallest absolute Gasteiger partial charge is 0.255 e. The molecule has 1 aromatic carbocycles. The van der Waals surface area contributed by atoms with Crippen LogP contribution in [-0.4, -0.2) is 55.0 Å². The number of methoxy groups -OCH3 is 1. The highest BCUT2D eigenvalue weighted by molar-refractivity contribution is 6.32. The number of benzene rings is 1. The third-order valence-corrected chi connectivity index (χ3v) is 4.76. The molecule has 0 unspecified atom stereocenters. The third-order valence-electron chi connectivity index (χ3n) is 4.47. The van der Waals surface area contributed by atoms with E-state index in [0.717, 1.165) is 5.82 Å². The predicted octanol–water partition coefficient (Wildman–Crippen LogP) is 2.66. The van der Waals surface area contributed by atoms with Crippen LogP contribution in [0.5, 0.6) is 5.75 Å². The molecule has 27 heavy (non-hydrogen) atoms. The number of nitrogens with zero attached hydrogens (tertiary/aromatic N) is 3. The molecule has 2 heterocycles. The predicted molar refractivity (Wildman–Crippen MR) is 105 cm³/mol. The van der Waals surface area contributed by atoms with Gasteiger partial charge in [0.1, 0.15) is 11.6 Å². The Morgan fingerprint density at radius 1 is 1.15 bits per heavy atom. The summed E-state index contributed by atoms with van der Waals surface area (Å²) in [6, 6.07) is 8.48. The molecule has 7 nitrogen and oxygen atoms in total. The van der Waals surface area contributed by atoms with Crippen molar-refractivity contribution in [1.29, 1.82) is 0 Å². The molecule has 2 amide bonds. The SMILES string of the molecule is COc1ccc(NC(=O)c2ccnc(N3CCN(C(C)=O)CC3)c2)cc1Cl. The first-order valence-corrected chi connectivity index (χ1v) is 8.97. The largest absolute Gasteiger partial charge is 0.495 e. The summed E-state index contributed by atoms with van der Waals surface area (Å²) in [4.78, 5) is 32.3. The van der Waals surface area contributed by atoms with Crippen molar-refractivity contribution < 1.29 is 14.3 Å². The Kier molecular flexibility index (Phi) is 5.81. The number of rotatable bonds is 4. The Hall–Kier alpha value is -2.80. The average Bonchev–Trinajstić information content (AvgIpc) is 2.68. The molecule has 1 fully saturated rings. The van der Waals surface area contributed by atoms with Crippen molar-refractivity contribution in [1.82, 2.24) is 9.88 Å². The molecule has 1 aliphatic rings. The molecule has 1 N–H and O–H groups in total. The second-order valence-electron chi connectivity index (χ2n) is 6.20. The van der Waals surface area contributed by atoms with E-state index < -0.39 is 0 Å². The summed E-state index contributed by atoms with van der Waals surface area (Å²) in [5, 5.41) is 3.25. The van der Waals surface area contributed by atoms with E-state index in [1.165, 1.54) is 7.11 Å². The van der Waals surface area contributed by atoms with Crippen LogP contribution in [0.15, 0.2) is 36.5 Å². The van der Waals surface area contributed by atoms with Gasteiger partial charge in [-0.05, 0) is 30.3 Å². The molecule has 8 heteroatoms. The minimum absolute atomic E-state index is 0.0777. The van der Waals surface area contributed by atoms with Gasteiger partial charge < -0.3 is 19.9 Å². The number of hydrogen-bond acceptors (Lipinski definition) is 5. The zero-order valence-corrected chi connectivity index (χ0v) is 16.0. The number of pyridine rings is 1. The molecule has 0 bridgehead atoms. The average molecular weight is 389 g/mol. The first-order valence-electron chi connectivity index (χ1n) is 8.59. The Balaban J connectivity index is 1.69. The number of nitrogens with one attached hydrogen (secondary N) is 1. The summed E-state index contributed by atoms with van der Waals surface area (Å²) in [5.74, 6) is 1.10. The molecule has 0 aliphatic carbocycles. The Labute approximate surface area is 162 Å². The van der Waals surface area contributed by atoms with Crippen LogP contribution >= 0.6 is 11.6 Å². The van der Waals surface area contributed by atoms with Gasteiger partial charge in [-0.25, -0.2) is 4.98 Å².